The monoisotopic (exact) mass is 486 g/mol. The van der Waals surface area contributed by atoms with Crippen LogP contribution >= 0.6 is 23.2 Å². The van der Waals surface area contributed by atoms with E-state index in [4.69, 9.17) is 27.9 Å². The highest BCUT2D eigenvalue weighted by atomic mass is 35.5. The van der Waals surface area contributed by atoms with Crippen LogP contribution in [0.25, 0.3) is 0 Å². The van der Waals surface area contributed by atoms with E-state index in [2.05, 4.69) is 10.0 Å². The van der Waals surface area contributed by atoms with Crippen molar-refractivity contribution in [1.29, 1.82) is 0 Å². The molecule has 31 heavy (non-hydrogen) atoms. The number of hydrogen-bond donors (Lipinski definition) is 2. The molecule has 170 valence electrons. The van der Waals surface area contributed by atoms with E-state index in [1.807, 2.05) is 24.3 Å². The van der Waals surface area contributed by atoms with Crippen molar-refractivity contribution in [3.63, 3.8) is 0 Å². The van der Waals surface area contributed by atoms with Crippen LogP contribution in [0.5, 0.6) is 5.75 Å². The number of methoxy groups -OCH3 is 1. The molecule has 6 nitrogen and oxygen atoms in total. The van der Waals surface area contributed by atoms with Crippen LogP contribution in [0.2, 0.25) is 5.02 Å². The highest BCUT2D eigenvalue weighted by Gasteiger charge is 2.15. The van der Waals surface area contributed by atoms with Gasteiger partial charge in [-0.05, 0) is 62.2 Å². The Bertz CT molecular complexity index is 968. The van der Waals surface area contributed by atoms with E-state index in [0.717, 1.165) is 49.4 Å². The second-order valence-electron chi connectivity index (χ2n) is 7.07. The number of sulfonamides is 1. The van der Waals surface area contributed by atoms with Gasteiger partial charge in [-0.3, -0.25) is 9.52 Å². The van der Waals surface area contributed by atoms with Gasteiger partial charge >= 0.3 is 0 Å². The van der Waals surface area contributed by atoms with Gasteiger partial charge in [0.15, 0.2) is 5.78 Å². The fourth-order valence-corrected chi connectivity index (χ4v) is 4.00. The van der Waals surface area contributed by atoms with Crippen LogP contribution in [0.1, 0.15) is 41.6 Å². The number of carbonyl (C=O) groups excluding carboxylic acids is 1. The van der Waals surface area contributed by atoms with Gasteiger partial charge in [0.1, 0.15) is 11.0 Å². The summed E-state index contributed by atoms with van der Waals surface area (Å²) in [5, 5.41) is 3.60. The summed E-state index contributed by atoms with van der Waals surface area (Å²) < 4.78 is 31.0. The van der Waals surface area contributed by atoms with Crippen LogP contribution in [0.3, 0.4) is 0 Å². The van der Waals surface area contributed by atoms with Crippen LogP contribution in [0.4, 0.5) is 5.69 Å². The van der Waals surface area contributed by atoms with Crippen molar-refractivity contribution in [2.75, 3.05) is 30.1 Å². The zero-order valence-corrected chi connectivity index (χ0v) is 19.8. The minimum Gasteiger partial charge on any atom is -0.495 e. The van der Waals surface area contributed by atoms with Crippen LogP contribution in [-0.2, 0) is 16.4 Å². The smallest absolute Gasteiger partial charge is 0.246 e. The first-order valence-corrected chi connectivity index (χ1v) is 12.6. The lowest BCUT2D eigenvalue weighted by Gasteiger charge is -2.12. The van der Waals surface area contributed by atoms with Crippen molar-refractivity contribution < 1.29 is 17.9 Å². The third-order valence-corrected chi connectivity index (χ3v) is 6.77. The molecule has 0 unspecified atom stereocenters. The van der Waals surface area contributed by atoms with Gasteiger partial charge in [-0.25, -0.2) is 8.42 Å². The first-order chi connectivity index (χ1) is 14.9. The largest absolute Gasteiger partial charge is 0.495 e. The molecule has 0 aliphatic heterocycles. The maximum atomic E-state index is 12.5. The normalized spacial score (nSPS) is 11.3. The summed E-state index contributed by atoms with van der Waals surface area (Å²) in [5.41, 5.74) is 1.78. The molecular formula is C22H28Cl2N2O4S. The number of ether oxygens (including phenoxy) is 1. The second kappa shape index (κ2) is 12.9. The van der Waals surface area contributed by atoms with Crippen molar-refractivity contribution in [3.8, 4) is 5.75 Å². The molecule has 0 atom stereocenters. The molecule has 0 bridgehead atoms. The summed E-state index contributed by atoms with van der Waals surface area (Å²) >= 11 is 11.6. The predicted molar refractivity (Wildman–Crippen MR) is 127 cm³/mol. The molecule has 0 saturated heterocycles. The van der Waals surface area contributed by atoms with E-state index in [9.17, 15) is 13.2 Å². The molecule has 0 aromatic heterocycles. The zero-order valence-electron chi connectivity index (χ0n) is 17.5. The van der Waals surface area contributed by atoms with Gasteiger partial charge in [0.25, 0.3) is 0 Å². The van der Waals surface area contributed by atoms with Crippen molar-refractivity contribution in [1.82, 2.24) is 5.32 Å². The lowest BCUT2D eigenvalue weighted by atomic mass is 10.0. The van der Waals surface area contributed by atoms with Crippen molar-refractivity contribution in [2.45, 2.75) is 32.1 Å². The number of alkyl halides is 1. The molecule has 2 rings (SSSR count). The molecule has 0 fully saturated rings. The van der Waals surface area contributed by atoms with Gasteiger partial charge in [-0.1, -0.05) is 36.2 Å². The molecule has 2 aromatic carbocycles. The van der Waals surface area contributed by atoms with Gasteiger partial charge < -0.3 is 10.1 Å². The molecule has 0 amide bonds. The number of rotatable bonds is 14. The fourth-order valence-electron chi connectivity index (χ4n) is 3.06. The quantitative estimate of drug-likeness (QED) is 0.226. The fraction of sp³-hybridized carbons (Fsp3) is 0.409. The van der Waals surface area contributed by atoms with Crippen molar-refractivity contribution in [3.05, 3.63) is 58.6 Å². The Morgan fingerprint density at radius 2 is 1.84 bits per heavy atom. The summed E-state index contributed by atoms with van der Waals surface area (Å²) in [6.07, 6.45) is 3.94. The topological polar surface area (TPSA) is 84.5 Å². The van der Waals surface area contributed by atoms with Gasteiger partial charge in [-0.2, -0.15) is 0 Å². The summed E-state index contributed by atoms with van der Waals surface area (Å²) in [6.45, 7) is 1.74. The van der Waals surface area contributed by atoms with E-state index < -0.39 is 15.2 Å². The van der Waals surface area contributed by atoms with Crippen molar-refractivity contribution >= 4 is 44.7 Å². The first-order valence-electron chi connectivity index (χ1n) is 10.1. The lowest BCUT2D eigenvalue weighted by Crippen LogP contribution is -2.18. The summed E-state index contributed by atoms with van der Waals surface area (Å²) in [5.74, 6) is 0.286. The van der Waals surface area contributed by atoms with Gasteiger partial charge in [0, 0.05) is 17.0 Å². The third-order valence-electron chi connectivity index (χ3n) is 4.72. The molecule has 9 heteroatoms. The molecule has 0 radical (unpaired) electrons. The van der Waals surface area contributed by atoms with Gasteiger partial charge in [0.05, 0.1) is 12.8 Å². The maximum absolute atomic E-state index is 12.5. The van der Waals surface area contributed by atoms with Crippen LogP contribution in [-0.4, -0.2) is 39.6 Å². The van der Waals surface area contributed by atoms with Crippen LogP contribution in [0.15, 0.2) is 42.5 Å². The average molecular weight is 487 g/mol. The van der Waals surface area contributed by atoms with E-state index in [1.165, 1.54) is 13.2 Å². The molecule has 2 N–H and O–H groups in total. The number of benzene rings is 2. The average Bonchev–Trinajstić information content (AvgIpc) is 2.76. The second-order valence-corrected chi connectivity index (χ2v) is 9.78. The summed E-state index contributed by atoms with van der Waals surface area (Å²) in [4.78, 5) is 12.5. The van der Waals surface area contributed by atoms with Gasteiger partial charge in [-0.15, -0.1) is 11.6 Å². The molecule has 0 spiro atoms. The number of Topliss-reactive ketones (excluding diaryl/α,β-unsaturated/α-hetero) is 1. The molecular weight excluding hydrogens is 459 g/mol. The standard InChI is InChI=1S/C22H28Cl2N2O4S/c1-30-22-11-10-18(15-20(22)26-31(28,29)16-23)21(27)9-3-2-6-13-25-14-12-17-7-4-5-8-19(17)24/h4-5,7-8,10-11,15,25-26H,2-3,6,9,12-14,16H2,1H3. The van der Waals surface area contributed by atoms with E-state index in [-0.39, 0.29) is 11.5 Å². The Kier molecular flexibility index (Phi) is 10.6. The highest BCUT2D eigenvalue weighted by Crippen LogP contribution is 2.27. The number of halogens is 2. The van der Waals surface area contributed by atoms with Crippen molar-refractivity contribution in [2.24, 2.45) is 0 Å². The Morgan fingerprint density at radius 1 is 1.06 bits per heavy atom. The predicted octanol–water partition coefficient (Wildman–Crippen LogP) is 4.86. The Hall–Kier alpha value is -1.80. The highest BCUT2D eigenvalue weighted by molar-refractivity contribution is 7.93. The molecule has 0 aliphatic carbocycles. The Balaban J connectivity index is 1.72. The van der Waals surface area contributed by atoms with E-state index in [1.54, 1.807) is 12.1 Å². The van der Waals surface area contributed by atoms with Crippen LogP contribution in [0, 0.1) is 0 Å². The molecule has 2 aromatic rings. The first kappa shape index (κ1) is 25.5. The minimum absolute atomic E-state index is 0.0411. The minimum atomic E-state index is -3.69. The maximum Gasteiger partial charge on any atom is 0.246 e. The lowest BCUT2D eigenvalue weighted by molar-refractivity contribution is 0.0979. The number of hydrogen-bond acceptors (Lipinski definition) is 5. The van der Waals surface area contributed by atoms with E-state index >= 15 is 0 Å². The van der Waals surface area contributed by atoms with Gasteiger partial charge in [0.2, 0.25) is 10.0 Å². The third kappa shape index (κ3) is 8.69. The number of carbonyl (C=O) groups is 1. The summed E-state index contributed by atoms with van der Waals surface area (Å²) in [6, 6.07) is 12.5. The molecule has 0 heterocycles. The van der Waals surface area contributed by atoms with E-state index in [0.29, 0.717) is 17.7 Å². The summed E-state index contributed by atoms with van der Waals surface area (Å²) in [7, 11) is -2.26. The Morgan fingerprint density at radius 3 is 2.55 bits per heavy atom. The van der Waals surface area contributed by atoms with Crippen LogP contribution < -0.4 is 14.8 Å². The number of nitrogens with one attached hydrogen (secondary N) is 2. The Labute approximate surface area is 194 Å². The number of anilines is 1. The molecule has 0 saturated carbocycles. The number of unbranched alkanes of at least 4 members (excludes halogenated alkanes) is 2. The zero-order chi connectivity index (χ0) is 22.7. The molecule has 0 aliphatic rings. The number of ketones is 1. The SMILES string of the molecule is COc1ccc(C(=O)CCCCCNCCc2ccccc2Cl)cc1NS(=O)(=O)CCl.